The van der Waals surface area contributed by atoms with Gasteiger partial charge in [-0.25, -0.2) is 0 Å². The highest BCUT2D eigenvalue weighted by Crippen LogP contribution is 2.24. The highest BCUT2D eigenvalue weighted by molar-refractivity contribution is 14.1. The quantitative estimate of drug-likeness (QED) is 0.636. The van der Waals surface area contributed by atoms with Crippen LogP contribution in [0.15, 0.2) is 48.5 Å². The predicted octanol–water partition coefficient (Wildman–Crippen LogP) is 3.59. The molecule has 4 nitrogen and oxygen atoms in total. The fraction of sp³-hybridized carbons (Fsp3) is 0. The van der Waals surface area contributed by atoms with Crippen LogP contribution in [-0.4, -0.2) is 20.2 Å². The third kappa shape index (κ3) is 2.48. The molecule has 0 atom stereocenters. The second kappa shape index (κ2) is 5.26. The molecule has 6 heteroatoms. The van der Waals surface area contributed by atoms with Gasteiger partial charge in [0.25, 0.3) is 0 Å². The molecule has 0 amide bonds. The van der Waals surface area contributed by atoms with Crippen LogP contribution in [0.2, 0.25) is 5.02 Å². The fourth-order valence-electron chi connectivity index (χ4n) is 1.77. The highest BCUT2D eigenvalue weighted by Gasteiger charge is 2.12. The van der Waals surface area contributed by atoms with Crippen LogP contribution in [0.4, 0.5) is 0 Å². The van der Waals surface area contributed by atoms with Gasteiger partial charge in [-0.05, 0) is 51.2 Å². The highest BCUT2D eigenvalue weighted by atomic mass is 127. The van der Waals surface area contributed by atoms with Crippen molar-refractivity contribution in [2.75, 3.05) is 0 Å². The Bertz CT molecular complexity index is 712. The zero-order valence-electron chi connectivity index (χ0n) is 9.66. The van der Waals surface area contributed by atoms with Crippen molar-refractivity contribution in [1.82, 2.24) is 20.2 Å². The van der Waals surface area contributed by atoms with Gasteiger partial charge in [0.15, 0.2) is 5.82 Å². The molecule has 1 aromatic heterocycles. The predicted molar refractivity (Wildman–Crippen MR) is 82.3 cm³/mol. The van der Waals surface area contributed by atoms with Crippen molar-refractivity contribution in [2.24, 2.45) is 0 Å². The van der Waals surface area contributed by atoms with Crippen molar-refractivity contribution in [3.05, 3.63) is 57.1 Å². The maximum absolute atomic E-state index is 5.97. The van der Waals surface area contributed by atoms with Gasteiger partial charge in [-0.15, -0.1) is 5.10 Å². The van der Waals surface area contributed by atoms with Crippen molar-refractivity contribution in [3.8, 4) is 17.1 Å². The van der Waals surface area contributed by atoms with E-state index in [1.54, 1.807) is 4.68 Å². The van der Waals surface area contributed by atoms with Gasteiger partial charge < -0.3 is 0 Å². The number of halogens is 2. The second-order valence-corrected chi connectivity index (χ2v) is 5.47. The summed E-state index contributed by atoms with van der Waals surface area (Å²) in [5.41, 5.74) is 1.88. The number of hydrogen-bond acceptors (Lipinski definition) is 3. The van der Waals surface area contributed by atoms with E-state index in [1.165, 1.54) is 0 Å². The molecule has 0 saturated heterocycles. The Kier molecular flexibility index (Phi) is 3.48. The van der Waals surface area contributed by atoms with Crippen LogP contribution in [-0.2, 0) is 0 Å². The number of hydrogen-bond donors (Lipinski definition) is 0. The van der Waals surface area contributed by atoms with Gasteiger partial charge in [0.2, 0.25) is 0 Å². The molecule has 0 aliphatic heterocycles. The number of rotatable bonds is 2. The largest absolute Gasteiger partial charge is 0.192 e. The van der Waals surface area contributed by atoms with Crippen LogP contribution in [0.1, 0.15) is 0 Å². The van der Waals surface area contributed by atoms with Crippen LogP contribution < -0.4 is 0 Å². The van der Waals surface area contributed by atoms with E-state index in [9.17, 15) is 0 Å². The van der Waals surface area contributed by atoms with Gasteiger partial charge in [-0.2, -0.15) is 4.68 Å². The molecule has 0 N–H and O–H groups in total. The van der Waals surface area contributed by atoms with Crippen molar-refractivity contribution in [3.63, 3.8) is 0 Å². The summed E-state index contributed by atoms with van der Waals surface area (Å²) in [5.74, 6) is 0.709. The maximum Gasteiger partial charge on any atom is 0.187 e. The molecule has 0 aliphatic rings. The van der Waals surface area contributed by atoms with E-state index in [0.29, 0.717) is 10.8 Å². The number of aromatic nitrogens is 4. The van der Waals surface area contributed by atoms with Crippen molar-refractivity contribution >= 4 is 34.2 Å². The summed E-state index contributed by atoms with van der Waals surface area (Å²) >= 11 is 8.19. The summed E-state index contributed by atoms with van der Waals surface area (Å²) in [4.78, 5) is 0. The van der Waals surface area contributed by atoms with Gasteiger partial charge in [-0.3, -0.25) is 0 Å². The van der Waals surface area contributed by atoms with Crippen molar-refractivity contribution < 1.29 is 0 Å². The molecule has 0 unspecified atom stereocenters. The molecule has 1 heterocycles. The zero-order chi connectivity index (χ0) is 13.2. The minimum atomic E-state index is 0.697. The van der Waals surface area contributed by atoms with Crippen molar-refractivity contribution in [1.29, 1.82) is 0 Å². The monoisotopic (exact) mass is 382 g/mol. The molecule has 0 radical (unpaired) electrons. The molecule has 0 bridgehead atoms. The number of benzene rings is 2. The van der Waals surface area contributed by atoms with Crippen LogP contribution in [0.3, 0.4) is 0 Å². The molecule has 2 aromatic carbocycles. The lowest BCUT2D eigenvalue weighted by molar-refractivity contribution is 0.788. The van der Waals surface area contributed by atoms with E-state index in [-0.39, 0.29) is 0 Å². The summed E-state index contributed by atoms with van der Waals surface area (Å²) in [6.07, 6.45) is 0. The molecular weight excluding hydrogens is 375 g/mol. The van der Waals surface area contributed by atoms with Gasteiger partial charge in [-0.1, -0.05) is 41.9 Å². The third-order valence-electron chi connectivity index (χ3n) is 2.64. The van der Waals surface area contributed by atoms with Gasteiger partial charge in [0.05, 0.1) is 5.69 Å². The van der Waals surface area contributed by atoms with Gasteiger partial charge in [0, 0.05) is 14.2 Å². The second-order valence-electron chi connectivity index (χ2n) is 3.88. The van der Waals surface area contributed by atoms with E-state index in [0.717, 1.165) is 14.8 Å². The summed E-state index contributed by atoms with van der Waals surface area (Å²) in [5, 5.41) is 12.6. The molecule has 19 heavy (non-hydrogen) atoms. The molecule has 0 aliphatic carbocycles. The van der Waals surface area contributed by atoms with Crippen molar-refractivity contribution in [2.45, 2.75) is 0 Å². The first-order valence-corrected chi connectivity index (χ1v) is 7.00. The first kappa shape index (κ1) is 12.6. The maximum atomic E-state index is 5.97. The van der Waals surface area contributed by atoms with Crippen LogP contribution in [0.25, 0.3) is 17.1 Å². The van der Waals surface area contributed by atoms with E-state index < -0.39 is 0 Å². The Labute approximate surface area is 128 Å². The standard InChI is InChI=1S/C13H8ClIN4/c14-10-6-7-12(11(15)8-10)19-13(16-17-18-19)9-4-2-1-3-5-9/h1-8H. The first-order valence-electron chi connectivity index (χ1n) is 5.55. The number of tetrazole rings is 1. The molecule has 0 fully saturated rings. The average molecular weight is 383 g/mol. The minimum Gasteiger partial charge on any atom is -0.192 e. The van der Waals surface area contributed by atoms with E-state index in [1.807, 2.05) is 48.5 Å². The summed E-state index contributed by atoms with van der Waals surface area (Å²) in [7, 11) is 0. The molecule has 94 valence electrons. The Morgan fingerprint density at radius 3 is 2.58 bits per heavy atom. The Hall–Kier alpha value is -1.47. The first-order chi connectivity index (χ1) is 9.25. The lowest BCUT2D eigenvalue weighted by Gasteiger charge is -2.07. The fourth-order valence-corrected chi connectivity index (χ4v) is 2.87. The van der Waals surface area contributed by atoms with Crippen LogP contribution in [0, 0.1) is 3.57 Å². The molecule has 3 aromatic rings. The van der Waals surface area contributed by atoms with E-state index in [2.05, 4.69) is 38.1 Å². The Morgan fingerprint density at radius 1 is 1.05 bits per heavy atom. The van der Waals surface area contributed by atoms with Crippen LogP contribution >= 0.6 is 34.2 Å². The Balaban J connectivity index is 2.15. The van der Waals surface area contributed by atoms with Crippen LogP contribution in [0.5, 0.6) is 0 Å². The molecular formula is C13H8ClIN4. The minimum absolute atomic E-state index is 0.697. The van der Waals surface area contributed by atoms with E-state index in [4.69, 9.17) is 11.6 Å². The third-order valence-corrected chi connectivity index (χ3v) is 3.74. The summed E-state index contributed by atoms with van der Waals surface area (Å²) < 4.78 is 2.71. The summed E-state index contributed by atoms with van der Waals surface area (Å²) in [6, 6.07) is 15.5. The smallest absolute Gasteiger partial charge is 0.187 e. The lowest BCUT2D eigenvalue weighted by atomic mass is 10.2. The average Bonchev–Trinajstić information content (AvgIpc) is 2.89. The SMILES string of the molecule is Clc1ccc(-n2nnnc2-c2ccccc2)c(I)c1. The lowest BCUT2D eigenvalue weighted by Crippen LogP contribution is -2.02. The van der Waals surface area contributed by atoms with Gasteiger partial charge in [0.1, 0.15) is 0 Å². The molecule has 3 rings (SSSR count). The normalized spacial score (nSPS) is 10.6. The topological polar surface area (TPSA) is 43.6 Å². The zero-order valence-corrected chi connectivity index (χ0v) is 12.6. The number of nitrogens with zero attached hydrogens (tertiary/aromatic N) is 4. The Morgan fingerprint density at radius 2 is 1.84 bits per heavy atom. The molecule has 0 spiro atoms. The van der Waals surface area contributed by atoms with Gasteiger partial charge >= 0.3 is 0 Å². The summed E-state index contributed by atoms with van der Waals surface area (Å²) in [6.45, 7) is 0. The molecule has 0 saturated carbocycles. The van der Waals surface area contributed by atoms with E-state index >= 15 is 0 Å².